The third-order valence-electron chi connectivity index (χ3n) is 3.42. The van der Waals surface area contributed by atoms with Crippen molar-refractivity contribution in [1.29, 1.82) is 0 Å². The third-order valence-corrected chi connectivity index (χ3v) is 3.81. The summed E-state index contributed by atoms with van der Waals surface area (Å²) in [4.78, 5) is 14.5. The smallest absolute Gasteiger partial charge is 0.235 e. The Labute approximate surface area is 110 Å². The van der Waals surface area contributed by atoms with Crippen molar-refractivity contribution in [2.75, 3.05) is 7.11 Å². The zero-order valence-corrected chi connectivity index (χ0v) is 10.8. The second kappa shape index (κ2) is 5.09. The minimum Gasteiger partial charge on any atom is -0.495 e. The summed E-state index contributed by atoms with van der Waals surface area (Å²) in [6, 6.07) is 2.55. The largest absolute Gasteiger partial charge is 0.495 e. The van der Waals surface area contributed by atoms with Crippen LogP contribution in [0.2, 0.25) is 5.02 Å². The van der Waals surface area contributed by atoms with Crippen LogP contribution in [0.25, 0.3) is 0 Å². The molecule has 5 heteroatoms. The summed E-state index contributed by atoms with van der Waals surface area (Å²) >= 11 is 6.20. The van der Waals surface area contributed by atoms with Gasteiger partial charge in [-0.3, -0.25) is 0 Å². The summed E-state index contributed by atoms with van der Waals surface area (Å²) in [7, 11) is 1.43. The van der Waals surface area contributed by atoms with Gasteiger partial charge < -0.3 is 4.74 Å². The number of halogens is 2. The van der Waals surface area contributed by atoms with Gasteiger partial charge in [0.2, 0.25) is 6.08 Å². The Kier molecular flexibility index (Phi) is 3.69. The first-order chi connectivity index (χ1) is 8.63. The highest BCUT2D eigenvalue weighted by Gasteiger charge is 2.38. The van der Waals surface area contributed by atoms with E-state index >= 15 is 0 Å². The SMILES string of the molecule is COc1cc(F)cc(C2(N=C=O)CCCC2)c1Cl. The monoisotopic (exact) mass is 269 g/mol. The van der Waals surface area contributed by atoms with E-state index in [9.17, 15) is 9.18 Å². The molecule has 0 atom stereocenters. The Hall–Kier alpha value is -1.38. The third kappa shape index (κ3) is 2.14. The highest BCUT2D eigenvalue weighted by molar-refractivity contribution is 6.33. The quantitative estimate of drug-likeness (QED) is 0.621. The molecule has 0 N–H and O–H groups in total. The molecule has 0 spiro atoms. The predicted octanol–water partition coefficient (Wildman–Crippen LogP) is 3.59. The van der Waals surface area contributed by atoms with Crippen molar-refractivity contribution in [2.45, 2.75) is 31.2 Å². The van der Waals surface area contributed by atoms with Gasteiger partial charge >= 0.3 is 0 Å². The maximum atomic E-state index is 13.6. The second-order valence-electron chi connectivity index (χ2n) is 4.41. The van der Waals surface area contributed by atoms with E-state index in [1.165, 1.54) is 19.2 Å². The number of methoxy groups -OCH3 is 1. The van der Waals surface area contributed by atoms with Gasteiger partial charge in [-0.15, -0.1) is 0 Å². The molecule has 0 aromatic heterocycles. The van der Waals surface area contributed by atoms with Gasteiger partial charge in [0.1, 0.15) is 11.6 Å². The fraction of sp³-hybridized carbons (Fsp3) is 0.462. The van der Waals surface area contributed by atoms with Crippen LogP contribution in [0.5, 0.6) is 5.75 Å². The Morgan fingerprint density at radius 2 is 2.11 bits per heavy atom. The highest BCUT2D eigenvalue weighted by Crippen LogP contribution is 2.47. The van der Waals surface area contributed by atoms with Crippen LogP contribution in [-0.2, 0) is 10.3 Å². The first-order valence-electron chi connectivity index (χ1n) is 5.75. The number of hydrogen-bond donors (Lipinski definition) is 0. The van der Waals surface area contributed by atoms with E-state index in [1.807, 2.05) is 0 Å². The summed E-state index contributed by atoms with van der Waals surface area (Å²) in [5, 5.41) is 0.319. The standard InChI is InChI=1S/C13H13ClFNO2/c1-18-11-7-9(15)6-10(12(11)14)13(16-8-17)4-2-3-5-13/h6-7H,2-5H2,1H3. The first kappa shape index (κ1) is 13.1. The maximum Gasteiger partial charge on any atom is 0.235 e. The molecule has 3 nitrogen and oxygen atoms in total. The number of carbonyl (C=O) groups excluding carboxylic acids is 1. The van der Waals surface area contributed by atoms with Crippen LogP contribution in [0, 0.1) is 5.82 Å². The van der Waals surface area contributed by atoms with Gasteiger partial charge in [-0.1, -0.05) is 24.4 Å². The summed E-state index contributed by atoms with van der Waals surface area (Å²) in [5.41, 5.74) is -0.226. The van der Waals surface area contributed by atoms with Crippen LogP contribution >= 0.6 is 11.6 Å². The fourth-order valence-electron chi connectivity index (χ4n) is 2.54. The summed E-state index contributed by atoms with van der Waals surface area (Å²) < 4.78 is 18.6. The molecule has 0 aliphatic heterocycles. The number of nitrogens with zero attached hydrogens (tertiary/aromatic N) is 1. The molecule has 1 aromatic carbocycles. The van der Waals surface area contributed by atoms with Crippen molar-refractivity contribution in [2.24, 2.45) is 4.99 Å². The molecule has 1 aliphatic rings. The molecule has 0 amide bonds. The first-order valence-corrected chi connectivity index (χ1v) is 6.13. The van der Waals surface area contributed by atoms with E-state index in [0.29, 0.717) is 23.4 Å². The van der Waals surface area contributed by atoms with E-state index in [0.717, 1.165) is 12.8 Å². The lowest BCUT2D eigenvalue weighted by molar-refractivity contribution is 0.403. The van der Waals surface area contributed by atoms with Crippen LogP contribution in [-0.4, -0.2) is 13.2 Å². The van der Waals surface area contributed by atoms with E-state index in [1.54, 1.807) is 6.08 Å². The number of ether oxygens (including phenoxy) is 1. The summed E-state index contributed by atoms with van der Waals surface area (Å²) in [6.45, 7) is 0. The van der Waals surface area contributed by atoms with Crippen molar-refractivity contribution in [3.8, 4) is 5.75 Å². The molecule has 1 fully saturated rings. The summed E-state index contributed by atoms with van der Waals surface area (Å²) in [5.74, 6) is -0.183. The molecule has 1 aromatic rings. The van der Waals surface area contributed by atoms with Gasteiger partial charge in [0.25, 0.3) is 0 Å². The molecule has 0 bridgehead atoms. The zero-order chi connectivity index (χ0) is 13.2. The van der Waals surface area contributed by atoms with E-state index in [4.69, 9.17) is 16.3 Å². The number of aliphatic imine (C=N–C) groups is 1. The Bertz CT molecular complexity index is 506. The molecule has 0 saturated heterocycles. The molecule has 0 unspecified atom stereocenters. The number of benzene rings is 1. The number of isocyanates is 1. The highest BCUT2D eigenvalue weighted by atomic mass is 35.5. The number of hydrogen-bond acceptors (Lipinski definition) is 3. The molecule has 18 heavy (non-hydrogen) atoms. The predicted molar refractivity (Wildman–Crippen MR) is 66.2 cm³/mol. The van der Waals surface area contributed by atoms with Crippen molar-refractivity contribution in [1.82, 2.24) is 0 Å². The van der Waals surface area contributed by atoms with Crippen LogP contribution in [0.15, 0.2) is 17.1 Å². The lowest BCUT2D eigenvalue weighted by Crippen LogP contribution is -2.20. The lowest BCUT2D eigenvalue weighted by atomic mass is 9.88. The van der Waals surface area contributed by atoms with Gasteiger partial charge in [0.15, 0.2) is 0 Å². The average molecular weight is 270 g/mol. The van der Waals surface area contributed by atoms with Crippen LogP contribution in [0.3, 0.4) is 0 Å². The normalized spacial score (nSPS) is 17.3. The van der Waals surface area contributed by atoms with Gasteiger partial charge in [0.05, 0.1) is 17.7 Å². The van der Waals surface area contributed by atoms with Crippen molar-refractivity contribution < 1.29 is 13.9 Å². The molecule has 96 valence electrons. The van der Waals surface area contributed by atoms with Crippen LogP contribution < -0.4 is 4.74 Å². The van der Waals surface area contributed by atoms with Gasteiger partial charge in [-0.2, -0.15) is 4.99 Å². The van der Waals surface area contributed by atoms with Crippen LogP contribution in [0.4, 0.5) is 4.39 Å². The molecular formula is C13H13ClFNO2. The maximum absolute atomic E-state index is 13.6. The molecule has 2 rings (SSSR count). The summed E-state index contributed by atoms with van der Waals surface area (Å²) in [6.07, 6.45) is 4.80. The van der Waals surface area contributed by atoms with E-state index in [-0.39, 0.29) is 5.75 Å². The second-order valence-corrected chi connectivity index (χ2v) is 4.79. The fourth-order valence-corrected chi connectivity index (χ4v) is 2.90. The Morgan fingerprint density at radius 1 is 1.44 bits per heavy atom. The zero-order valence-electron chi connectivity index (χ0n) is 10.0. The van der Waals surface area contributed by atoms with Crippen molar-refractivity contribution in [3.63, 3.8) is 0 Å². The molecular weight excluding hydrogens is 257 g/mol. The lowest BCUT2D eigenvalue weighted by Gasteiger charge is -2.24. The molecule has 1 aliphatic carbocycles. The van der Waals surface area contributed by atoms with Crippen molar-refractivity contribution in [3.05, 3.63) is 28.5 Å². The molecule has 0 radical (unpaired) electrons. The van der Waals surface area contributed by atoms with Gasteiger partial charge in [0, 0.05) is 11.6 Å². The van der Waals surface area contributed by atoms with Gasteiger partial charge in [-0.05, 0) is 18.9 Å². The van der Waals surface area contributed by atoms with E-state index in [2.05, 4.69) is 4.99 Å². The van der Waals surface area contributed by atoms with Gasteiger partial charge in [-0.25, -0.2) is 9.18 Å². The molecule has 0 heterocycles. The van der Waals surface area contributed by atoms with Crippen molar-refractivity contribution >= 4 is 17.7 Å². The molecule has 1 saturated carbocycles. The number of rotatable bonds is 3. The average Bonchev–Trinajstić information content (AvgIpc) is 2.81. The topological polar surface area (TPSA) is 38.7 Å². The Morgan fingerprint density at radius 3 is 2.67 bits per heavy atom. The minimum atomic E-state index is -0.742. The van der Waals surface area contributed by atoms with E-state index < -0.39 is 11.4 Å². The Balaban J connectivity index is 2.61. The van der Waals surface area contributed by atoms with Crippen LogP contribution in [0.1, 0.15) is 31.2 Å². The minimum absolute atomic E-state index is 0.263.